The molecular formula is C25H37N3O4S. The minimum Gasteiger partial charge on any atom is -0.347 e. The molecule has 0 heterocycles. The van der Waals surface area contributed by atoms with Gasteiger partial charge in [0.25, 0.3) is 0 Å². The molecule has 2 N–H and O–H groups in total. The molecule has 33 heavy (non-hydrogen) atoms. The van der Waals surface area contributed by atoms with Crippen LogP contribution in [0.25, 0.3) is 0 Å². The third-order valence-corrected chi connectivity index (χ3v) is 10.1. The summed E-state index contributed by atoms with van der Waals surface area (Å²) in [5.74, 6) is 1.95. The van der Waals surface area contributed by atoms with Crippen molar-refractivity contribution in [1.82, 2.24) is 9.62 Å². The fraction of sp³-hybridized carbons (Fsp3) is 0.680. The monoisotopic (exact) mass is 475 g/mol. The van der Waals surface area contributed by atoms with Gasteiger partial charge in [0.15, 0.2) is 0 Å². The topological polar surface area (TPSA) is 95.6 Å². The molecule has 0 aromatic heterocycles. The number of rotatable bonds is 9. The molecule has 4 aliphatic carbocycles. The zero-order chi connectivity index (χ0) is 23.8. The van der Waals surface area contributed by atoms with Crippen LogP contribution in [-0.4, -0.2) is 44.2 Å². The Kier molecular flexibility index (Phi) is 6.87. The average Bonchev–Trinajstić information content (AvgIpc) is 2.73. The van der Waals surface area contributed by atoms with E-state index in [1.165, 1.54) is 29.6 Å². The SMILES string of the molecule is CCN(CC)S(=O)(=O)c1cc(NC(=O)CNC(=O)CC23CC4CC(CC(C4)C2)C3)ccc1C. The Balaban J connectivity index is 1.33. The smallest absolute Gasteiger partial charge is 0.243 e. The lowest BCUT2D eigenvalue weighted by atomic mass is 9.49. The van der Waals surface area contributed by atoms with Crippen molar-refractivity contribution in [3.63, 3.8) is 0 Å². The van der Waals surface area contributed by atoms with Gasteiger partial charge in [0.05, 0.1) is 11.4 Å². The molecule has 0 unspecified atom stereocenters. The molecular weight excluding hydrogens is 438 g/mol. The zero-order valence-electron chi connectivity index (χ0n) is 20.0. The van der Waals surface area contributed by atoms with Gasteiger partial charge in [-0.1, -0.05) is 19.9 Å². The van der Waals surface area contributed by atoms with Gasteiger partial charge in [0, 0.05) is 25.2 Å². The molecule has 4 aliphatic rings. The number of carbonyl (C=O) groups is 2. The number of anilines is 1. The first-order valence-corrected chi connectivity index (χ1v) is 13.8. The lowest BCUT2D eigenvalue weighted by molar-refractivity contribution is -0.131. The van der Waals surface area contributed by atoms with E-state index in [4.69, 9.17) is 0 Å². The Morgan fingerprint density at radius 3 is 2.12 bits per heavy atom. The summed E-state index contributed by atoms with van der Waals surface area (Å²) < 4.78 is 27.2. The van der Waals surface area contributed by atoms with Crippen molar-refractivity contribution in [1.29, 1.82) is 0 Å². The van der Waals surface area contributed by atoms with Crippen LogP contribution in [0.1, 0.15) is 64.4 Å². The summed E-state index contributed by atoms with van der Waals surface area (Å²) >= 11 is 0. The maximum Gasteiger partial charge on any atom is 0.243 e. The Hall–Kier alpha value is -1.93. The standard InChI is InChI=1S/C25H37N3O4S/c1-4-28(5-2)33(31,32)22-11-21(7-6-17(22)3)27-24(30)16-26-23(29)15-25-12-18-8-19(13-25)10-20(9-18)14-25/h6-7,11,18-20H,4-5,8-10,12-16H2,1-3H3,(H,26,29)(H,27,30). The van der Waals surface area contributed by atoms with Crippen LogP contribution in [0.4, 0.5) is 5.69 Å². The highest BCUT2D eigenvalue weighted by atomic mass is 32.2. The predicted molar refractivity (Wildman–Crippen MR) is 128 cm³/mol. The van der Waals surface area contributed by atoms with E-state index in [9.17, 15) is 18.0 Å². The number of amides is 2. The van der Waals surface area contributed by atoms with Gasteiger partial charge in [-0.3, -0.25) is 9.59 Å². The van der Waals surface area contributed by atoms with Gasteiger partial charge in [-0.2, -0.15) is 4.31 Å². The Morgan fingerprint density at radius 2 is 1.58 bits per heavy atom. The zero-order valence-corrected chi connectivity index (χ0v) is 20.8. The highest BCUT2D eigenvalue weighted by Crippen LogP contribution is 2.61. The van der Waals surface area contributed by atoms with Gasteiger partial charge in [-0.05, 0) is 86.3 Å². The molecule has 0 radical (unpaired) electrons. The fourth-order valence-corrected chi connectivity index (χ4v) is 8.66. The number of carbonyl (C=O) groups excluding carboxylic acids is 2. The molecule has 4 bridgehead atoms. The Bertz CT molecular complexity index is 981. The van der Waals surface area contributed by atoms with Crippen LogP contribution in [0.5, 0.6) is 0 Å². The van der Waals surface area contributed by atoms with E-state index in [1.54, 1.807) is 32.9 Å². The van der Waals surface area contributed by atoms with Gasteiger partial charge in [0.1, 0.15) is 0 Å². The fourth-order valence-electron chi connectivity index (χ4n) is 6.95. The lowest BCUT2D eigenvalue weighted by Gasteiger charge is -2.56. The van der Waals surface area contributed by atoms with E-state index in [0.29, 0.717) is 30.8 Å². The predicted octanol–water partition coefficient (Wildman–Crippen LogP) is 3.69. The van der Waals surface area contributed by atoms with Gasteiger partial charge in [0.2, 0.25) is 21.8 Å². The van der Waals surface area contributed by atoms with Gasteiger partial charge in [-0.25, -0.2) is 8.42 Å². The van der Waals surface area contributed by atoms with Crippen LogP contribution >= 0.6 is 0 Å². The van der Waals surface area contributed by atoms with Crippen LogP contribution in [0.15, 0.2) is 23.1 Å². The minimum absolute atomic E-state index is 0.0548. The minimum atomic E-state index is -3.63. The lowest BCUT2D eigenvalue weighted by Crippen LogP contribution is -2.48. The van der Waals surface area contributed by atoms with Gasteiger partial charge < -0.3 is 10.6 Å². The van der Waals surface area contributed by atoms with Gasteiger partial charge >= 0.3 is 0 Å². The molecule has 2 amide bonds. The summed E-state index contributed by atoms with van der Waals surface area (Å²) in [6, 6.07) is 4.88. The molecule has 0 saturated heterocycles. The summed E-state index contributed by atoms with van der Waals surface area (Å²) in [5.41, 5.74) is 1.18. The highest BCUT2D eigenvalue weighted by Gasteiger charge is 2.51. The molecule has 1 aromatic carbocycles. The van der Waals surface area contributed by atoms with E-state index >= 15 is 0 Å². The molecule has 8 heteroatoms. The molecule has 4 saturated carbocycles. The average molecular weight is 476 g/mol. The number of nitrogens with one attached hydrogen (secondary N) is 2. The van der Waals surface area contributed by atoms with Crippen molar-refractivity contribution in [3.8, 4) is 0 Å². The number of benzene rings is 1. The molecule has 7 nitrogen and oxygen atoms in total. The molecule has 5 rings (SSSR count). The second-order valence-corrected chi connectivity index (χ2v) is 12.4. The normalized spacial score (nSPS) is 28.2. The summed E-state index contributed by atoms with van der Waals surface area (Å²) in [5, 5.41) is 5.53. The van der Waals surface area contributed by atoms with Crippen LogP contribution in [0.2, 0.25) is 0 Å². The van der Waals surface area contributed by atoms with E-state index < -0.39 is 10.0 Å². The maximum atomic E-state index is 12.9. The summed E-state index contributed by atoms with van der Waals surface area (Å²) in [7, 11) is -3.63. The van der Waals surface area contributed by atoms with Crippen molar-refractivity contribution in [2.24, 2.45) is 23.2 Å². The second-order valence-electron chi connectivity index (χ2n) is 10.5. The summed E-state index contributed by atoms with van der Waals surface area (Å²) in [4.78, 5) is 25.4. The molecule has 0 atom stereocenters. The molecule has 1 aromatic rings. The number of nitrogens with zero attached hydrogens (tertiary/aromatic N) is 1. The van der Waals surface area contributed by atoms with Crippen molar-refractivity contribution >= 4 is 27.5 Å². The maximum absolute atomic E-state index is 12.9. The molecule has 182 valence electrons. The van der Waals surface area contributed by atoms with Gasteiger partial charge in [-0.15, -0.1) is 0 Å². The van der Waals surface area contributed by atoms with E-state index in [2.05, 4.69) is 10.6 Å². The summed E-state index contributed by atoms with van der Waals surface area (Å²) in [6.07, 6.45) is 8.01. The van der Waals surface area contributed by atoms with Crippen molar-refractivity contribution in [2.45, 2.75) is 70.6 Å². The molecule has 0 spiro atoms. The molecule has 0 aliphatic heterocycles. The van der Waals surface area contributed by atoms with E-state index in [1.807, 2.05) is 0 Å². The van der Waals surface area contributed by atoms with Crippen LogP contribution in [0, 0.1) is 30.1 Å². The van der Waals surface area contributed by atoms with Crippen molar-refractivity contribution in [3.05, 3.63) is 23.8 Å². The van der Waals surface area contributed by atoms with E-state index in [0.717, 1.165) is 37.0 Å². The Labute approximate surface area is 197 Å². The number of sulfonamides is 1. The van der Waals surface area contributed by atoms with Crippen LogP contribution in [-0.2, 0) is 19.6 Å². The number of hydrogen-bond donors (Lipinski definition) is 2. The number of aryl methyl sites for hydroxylation is 1. The van der Waals surface area contributed by atoms with Crippen LogP contribution < -0.4 is 10.6 Å². The molecule has 4 fully saturated rings. The Morgan fingerprint density at radius 1 is 1.00 bits per heavy atom. The first-order chi connectivity index (χ1) is 15.6. The first kappa shape index (κ1) is 24.2. The van der Waals surface area contributed by atoms with Crippen molar-refractivity contribution in [2.75, 3.05) is 25.0 Å². The largest absolute Gasteiger partial charge is 0.347 e. The van der Waals surface area contributed by atoms with E-state index in [-0.39, 0.29) is 28.7 Å². The summed E-state index contributed by atoms with van der Waals surface area (Å²) in [6.45, 7) is 5.99. The highest BCUT2D eigenvalue weighted by molar-refractivity contribution is 7.89. The third kappa shape index (κ3) is 5.11. The first-order valence-electron chi connectivity index (χ1n) is 12.3. The van der Waals surface area contributed by atoms with Crippen LogP contribution in [0.3, 0.4) is 0 Å². The number of hydrogen-bond acceptors (Lipinski definition) is 4. The second kappa shape index (κ2) is 9.37. The quantitative estimate of drug-likeness (QED) is 0.569. The third-order valence-electron chi connectivity index (χ3n) is 7.94. The van der Waals surface area contributed by atoms with Crippen molar-refractivity contribution < 1.29 is 18.0 Å².